The van der Waals surface area contributed by atoms with Gasteiger partial charge >= 0.3 is 0 Å². The van der Waals surface area contributed by atoms with Gasteiger partial charge in [0.15, 0.2) is 0 Å². The van der Waals surface area contributed by atoms with Gasteiger partial charge in [-0.25, -0.2) is 4.98 Å². The molecule has 4 aromatic rings. The number of aryl methyl sites for hydroxylation is 1. The maximum atomic E-state index is 12.6. The molecule has 1 heterocycles. The van der Waals surface area contributed by atoms with Crippen LogP contribution in [0.15, 0.2) is 78.9 Å². The zero-order valence-corrected chi connectivity index (χ0v) is 18.8. The summed E-state index contributed by atoms with van der Waals surface area (Å²) in [5.41, 5.74) is 3.96. The van der Waals surface area contributed by atoms with Crippen LogP contribution in [-0.2, 0) is 30.7 Å². The number of carbonyl (C=O) groups is 1. The number of rotatable bonds is 10. The monoisotopic (exact) mass is 443 g/mol. The van der Waals surface area contributed by atoms with Crippen LogP contribution in [0.3, 0.4) is 0 Å². The number of hydrogen-bond donors (Lipinski definition) is 2. The molecule has 0 spiro atoms. The second-order valence-corrected chi connectivity index (χ2v) is 8.03. The summed E-state index contributed by atoms with van der Waals surface area (Å²) in [4.78, 5) is 17.3. The van der Waals surface area contributed by atoms with E-state index >= 15 is 0 Å². The molecule has 33 heavy (non-hydrogen) atoms. The summed E-state index contributed by atoms with van der Waals surface area (Å²) in [6.07, 6.45) is 0.353. The van der Waals surface area contributed by atoms with E-state index in [0.717, 1.165) is 28.8 Å². The number of benzene rings is 3. The normalized spacial score (nSPS) is 11.9. The van der Waals surface area contributed by atoms with Gasteiger partial charge in [-0.15, -0.1) is 0 Å². The second kappa shape index (κ2) is 10.8. The van der Waals surface area contributed by atoms with Crippen molar-refractivity contribution in [2.45, 2.75) is 39.0 Å². The summed E-state index contributed by atoms with van der Waals surface area (Å²) < 4.78 is 7.68. The molecule has 0 fully saturated rings. The van der Waals surface area contributed by atoms with E-state index in [1.807, 2.05) is 83.4 Å². The van der Waals surface area contributed by atoms with Crippen LogP contribution in [0.1, 0.15) is 23.9 Å². The number of fused-ring (bicyclic) bond motifs is 1. The van der Waals surface area contributed by atoms with Gasteiger partial charge in [-0.3, -0.25) is 4.79 Å². The van der Waals surface area contributed by atoms with Crippen molar-refractivity contribution in [3.05, 3.63) is 95.8 Å². The van der Waals surface area contributed by atoms with E-state index in [0.29, 0.717) is 12.4 Å². The maximum absolute atomic E-state index is 12.6. The zero-order chi connectivity index (χ0) is 23.0. The van der Waals surface area contributed by atoms with Crippen molar-refractivity contribution in [1.29, 1.82) is 0 Å². The van der Waals surface area contributed by atoms with Gasteiger partial charge < -0.3 is 19.7 Å². The number of nitrogens with one attached hydrogen (secondary N) is 1. The molecule has 1 unspecified atom stereocenters. The topological polar surface area (TPSA) is 76.4 Å². The Morgan fingerprint density at radius 1 is 1.00 bits per heavy atom. The van der Waals surface area contributed by atoms with Crippen molar-refractivity contribution < 1.29 is 14.6 Å². The molecule has 6 heteroatoms. The van der Waals surface area contributed by atoms with E-state index in [9.17, 15) is 9.90 Å². The van der Waals surface area contributed by atoms with Crippen molar-refractivity contribution >= 4 is 16.9 Å². The number of aliphatic hydroxyl groups excluding tert-OH is 1. The van der Waals surface area contributed by atoms with Crippen LogP contribution in [0.2, 0.25) is 0 Å². The summed E-state index contributed by atoms with van der Waals surface area (Å²) in [6.45, 7) is 3.01. The molecule has 0 saturated carbocycles. The highest BCUT2D eigenvalue weighted by molar-refractivity contribution is 5.81. The molecule has 0 radical (unpaired) electrons. The molecule has 0 bridgehead atoms. The summed E-state index contributed by atoms with van der Waals surface area (Å²) >= 11 is 0. The Morgan fingerprint density at radius 3 is 2.48 bits per heavy atom. The minimum Gasteiger partial charge on any atom is -0.491 e. The second-order valence-electron chi connectivity index (χ2n) is 8.03. The Bertz CT molecular complexity index is 1190. The number of ether oxygens (including phenoxy) is 1. The fraction of sp³-hybridized carbons (Fsp3) is 0.259. The number of aromatic nitrogens is 2. The Hall–Kier alpha value is -3.64. The molecular weight excluding hydrogens is 414 g/mol. The molecule has 0 aliphatic rings. The number of imidazole rings is 1. The molecule has 0 aliphatic carbocycles. The first kappa shape index (κ1) is 22.6. The van der Waals surface area contributed by atoms with Crippen LogP contribution in [0.5, 0.6) is 5.75 Å². The predicted molar refractivity (Wildman–Crippen MR) is 129 cm³/mol. The third-order valence-electron chi connectivity index (χ3n) is 5.55. The highest BCUT2D eigenvalue weighted by Gasteiger charge is 2.17. The highest BCUT2D eigenvalue weighted by Crippen LogP contribution is 2.18. The van der Waals surface area contributed by atoms with Crippen LogP contribution in [-0.4, -0.2) is 33.3 Å². The van der Waals surface area contributed by atoms with Crippen molar-refractivity contribution in [2.24, 2.45) is 0 Å². The lowest BCUT2D eigenvalue weighted by atomic mass is 10.2. The van der Waals surface area contributed by atoms with Gasteiger partial charge in [0, 0.05) is 6.54 Å². The van der Waals surface area contributed by atoms with Crippen LogP contribution in [0, 0.1) is 0 Å². The third kappa shape index (κ3) is 5.99. The highest BCUT2D eigenvalue weighted by atomic mass is 16.5. The first-order chi connectivity index (χ1) is 16.1. The fourth-order valence-corrected chi connectivity index (χ4v) is 3.74. The van der Waals surface area contributed by atoms with E-state index < -0.39 is 6.10 Å². The predicted octanol–water partition coefficient (Wildman–Crippen LogP) is 3.90. The average Bonchev–Trinajstić information content (AvgIpc) is 3.19. The van der Waals surface area contributed by atoms with Gasteiger partial charge in [0.1, 0.15) is 24.3 Å². The summed E-state index contributed by atoms with van der Waals surface area (Å²) in [5, 5.41) is 13.6. The van der Waals surface area contributed by atoms with Crippen molar-refractivity contribution in [1.82, 2.24) is 14.9 Å². The minimum absolute atomic E-state index is 0.114. The van der Waals surface area contributed by atoms with E-state index in [-0.39, 0.29) is 25.5 Å². The minimum atomic E-state index is -0.750. The van der Waals surface area contributed by atoms with Gasteiger partial charge in [-0.1, -0.05) is 61.5 Å². The van der Waals surface area contributed by atoms with Gasteiger partial charge in [-0.2, -0.15) is 0 Å². The first-order valence-electron chi connectivity index (χ1n) is 11.3. The molecule has 170 valence electrons. The Labute approximate surface area is 193 Å². The lowest BCUT2D eigenvalue weighted by Crippen LogP contribution is -2.28. The number of aliphatic hydroxyl groups is 1. The number of hydrogen-bond acceptors (Lipinski definition) is 4. The van der Waals surface area contributed by atoms with Crippen LogP contribution in [0.25, 0.3) is 11.0 Å². The molecule has 6 nitrogen and oxygen atoms in total. The number of amides is 1. The molecule has 1 amide bonds. The smallest absolute Gasteiger partial charge is 0.227 e. The lowest BCUT2D eigenvalue weighted by Gasteiger charge is -2.16. The SMILES string of the molecule is CCc1ccc(OCC(O)Cn2c(CC(=O)NCc3ccccc3)nc3ccccc32)cc1. The van der Waals surface area contributed by atoms with Gasteiger partial charge in [-0.05, 0) is 41.8 Å². The van der Waals surface area contributed by atoms with Crippen molar-refractivity contribution in [3.8, 4) is 5.75 Å². The first-order valence-corrected chi connectivity index (χ1v) is 11.3. The molecule has 4 rings (SSSR count). The lowest BCUT2D eigenvalue weighted by molar-refractivity contribution is -0.120. The quantitative estimate of drug-likeness (QED) is 0.390. The maximum Gasteiger partial charge on any atom is 0.227 e. The largest absolute Gasteiger partial charge is 0.491 e. The van der Waals surface area contributed by atoms with Crippen LogP contribution >= 0.6 is 0 Å². The molecule has 0 saturated heterocycles. The van der Waals surface area contributed by atoms with Gasteiger partial charge in [0.25, 0.3) is 0 Å². The van der Waals surface area contributed by atoms with E-state index in [2.05, 4.69) is 17.2 Å². The standard InChI is InChI=1S/C27H29N3O3/c1-2-20-12-14-23(15-13-20)33-19-22(31)18-30-25-11-7-6-10-24(25)29-26(30)16-27(32)28-17-21-8-4-3-5-9-21/h3-15,22,31H,2,16-19H2,1H3,(H,28,32). The van der Waals surface area contributed by atoms with Crippen molar-refractivity contribution in [2.75, 3.05) is 6.61 Å². The van der Waals surface area contributed by atoms with Gasteiger partial charge in [0.2, 0.25) is 5.91 Å². The van der Waals surface area contributed by atoms with Gasteiger partial charge in [0.05, 0.1) is 24.0 Å². The Balaban J connectivity index is 1.42. The van der Waals surface area contributed by atoms with Crippen LogP contribution in [0.4, 0.5) is 0 Å². The van der Waals surface area contributed by atoms with Crippen molar-refractivity contribution in [3.63, 3.8) is 0 Å². The number of nitrogens with zero attached hydrogens (tertiary/aromatic N) is 2. The summed E-state index contributed by atoms with van der Waals surface area (Å²) in [7, 11) is 0. The summed E-state index contributed by atoms with van der Waals surface area (Å²) in [5.74, 6) is 1.23. The van der Waals surface area contributed by atoms with E-state index in [1.54, 1.807) is 0 Å². The molecule has 2 N–H and O–H groups in total. The number of para-hydroxylation sites is 2. The zero-order valence-electron chi connectivity index (χ0n) is 18.8. The summed E-state index contributed by atoms with van der Waals surface area (Å²) in [6, 6.07) is 25.4. The molecule has 1 atom stereocenters. The molecule has 1 aromatic heterocycles. The van der Waals surface area contributed by atoms with Crippen LogP contribution < -0.4 is 10.1 Å². The molecule has 3 aromatic carbocycles. The Morgan fingerprint density at radius 2 is 1.73 bits per heavy atom. The molecule has 0 aliphatic heterocycles. The Kier molecular flexibility index (Phi) is 7.37. The molecular formula is C27H29N3O3. The van der Waals surface area contributed by atoms with E-state index in [4.69, 9.17) is 4.74 Å². The number of carbonyl (C=O) groups excluding carboxylic acids is 1. The average molecular weight is 444 g/mol. The third-order valence-corrected chi connectivity index (χ3v) is 5.55. The fourth-order valence-electron chi connectivity index (χ4n) is 3.74. The van der Waals surface area contributed by atoms with E-state index in [1.165, 1.54) is 5.56 Å².